The van der Waals surface area contributed by atoms with Crippen molar-refractivity contribution in [3.63, 3.8) is 0 Å². The Balaban J connectivity index is 1.84. The largest absolute Gasteiger partial charge is 0.464 e. The number of carbonyl (C=O) groups is 4. The number of hydrogen-bond donors (Lipinski definition) is 3. The normalized spacial score (nSPS) is 12.8. The SMILES string of the molecule is CCOC(=O)C(c1ccccc1)n1cc(NC(=O)C(COCc2ccccc2)NC(=O)C(C)(C)NC(=O)OC(C)(C)C)nc1CC. The summed E-state index contributed by atoms with van der Waals surface area (Å²) in [6, 6.07) is 16.6. The van der Waals surface area contributed by atoms with Crippen molar-refractivity contribution < 1.29 is 33.4 Å². The van der Waals surface area contributed by atoms with E-state index in [-0.39, 0.29) is 25.6 Å². The van der Waals surface area contributed by atoms with E-state index in [1.54, 1.807) is 38.5 Å². The van der Waals surface area contributed by atoms with E-state index >= 15 is 0 Å². The molecule has 2 atom stereocenters. The number of nitrogens with zero attached hydrogens (tertiary/aromatic N) is 2. The van der Waals surface area contributed by atoms with Crippen LogP contribution >= 0.6 is 0 Å². The van der Waals surface area contributed by atoms with E-state index < -0.39 is 47.1 Å². The summed E-state index contributed by atoms with van der Waals surface area (Å²) in [6.07, 6.45) is 1.26. The van der Waals surface area contributed by atoms with Gasteiger partial charge >= 0.3 is 12.1 Å². The molecule has 46 heavy (non-hydrogen) atoms. The summed E-state index contributed by atoms with van der Waals surface area (Å²) in [6.45, 7) is 12.0. The third-order valence-corrected chi connectivity index (χ3v) is 6.68. The highest BCUT2D eigenvalue weighted by Crippen LogP contribution is 2.25. The van der Waals surface area contributed by atoms with E-state index in [4.69, 9.17) is 14.2 Å². The molecule has 0 saturated heterocycles. The standard InChI is InChI=1S/C34H45N5O7/c1-8-27-36-26(20-39(27)28(30(41)45-9-2)24-18-14-11-15-19-24)37-29(40)25(22-44-21-23-16-12-10-13-17-23)35-31(42)34(6,7)38-32(43)46-33(3,4)5/h10-20,25,28H,8-9,21-22H2,1-7H3,(H,35,42)(H,37,40)(H,38,43). The molecule has 3 rings (SSSR count). The molecular formula is C34H45N5O7. The number of amides is 3. The fourth-order valence-electron chi connectivity index (χ4n) is 4.46. The van der Waals surface area contributed by atoms with Crippen LogP contribution in [-0.4, -0.2) is 63.8 Å². The highest BCUT2D eigenvalue weighted by Gasteiger charge is 2.35. The van der Waals surface area contributed by atoms with Crippen LogP contribution in [-0.2, 0) is 41.6 Å². The fourth-order valence-corrected chi connectivity index (χ4v) is 4.46. The lowest BCUT2D eigenvalue weighted by atomic mass is 10.0. The van der Waals surface area contributed by atoms with Crippen molar-refractivity contribution in [2.75, 3.05) is 18.5 Å². The van der Waals surface area contributed by atoms with Crippen LogP contribution in [0.4, 0.5) is 10.6 Å². The number of carbonyl (C=O) groups excluding carboxylic acids is 4. The highest BCUT2D eigenvalue weighted by molar-refractivity contribution is 5.98. The summed E-state index contributed by atoms with van der Waals surface area (Å²) in [7, 11) is 0. The van der Waals surface area contributed by atoms with Gasteiger partial charge in [0.1, 0.15) is 23.0 Å². The quantitative estimate of drug-likeness (QED) is 0.219. The minimum atomic E-state index is -1.43. The van der Waals surface area contributed by atoms with Crippen molar-refractivity contribution in [1.29, 1.82) is 0 Å². The summed E-state index contributed by atoms with van der Waals surface area (Å²) < 4.78 is 18.2. The molecular weight excluding hydrogens is 590 g/mol. The Labute approximate surface area is 270 Å². The number of ether oxygens (including phenoxy) is 3. The lowest BCUT2D eigenvalue weighted by Crippen LogP contribution is -2.59. The Morgan fingerprint density at radius 1 is 0.913 bits per heavy atom. The van der Waals surface area contributed by atoms with Gasteiger partial charge < -0.3 is 34.7 Å². The molecule has 0 aliphatic carbocycles. The van der Waals surface area contributed by atoms with Crippen LogP contribution in [0.25, 0.3) is 0 Å². The van der Waals surface area contributed by atoms with Crippen molar-refractivity contribution in [1.82, 2.24) is 20.2 Å². The van der Waals surface area contributed by atoms with Crippen LogP contribution < -0.4 is 16.0 Å². The number of rotatable bonds is 14. The third-order valence-electron chi connectivity index (χ3n) is 6.68. The first-order chi connectivity index (χ1) is 21.7. The van der Waals surface area contributed by atoms with Crippen molar-refractivity contribution in [3.8, 4) is 0 Å². The lowest BCUT2D eigenvalue weighted by Gasteiger charge is -2.29. The minimum Gasteiger partial charge on any atom is -0.464 e. The van der Waals surface area contributed by atoms with Gasteiger partial charge in [0.05, 0.1) is 19.8 Å². The average Bonchev–Trinajstić information content (AvgIpc) is 3.38. The minimum absolute atomic E-state index is 0.175. The zero-order valence-electron chi connectivity index (χ0n) is 27.6. The maximum Gasteiger partial charge on any atom is 0.408 e. The number of hydrogen-bond acceptors (Lipinski definition) is 8. The first-order valence-electron chi connectivity index (χ1n) is 15.3. The van der Waals surface area contributed by atoms with Crippen molar-refractivity contribution in [2.45, 2.75) is 84.7 Å². The van der Waals surface area contributed by atoms with Crippen molar-refractivity contribution in [2.24, 2.45) is 0 Å². The second-order valence-electron chi connectivity index (χ2n) is 12.1. The van der Waals surface area contributed by atoms with Crippen LogP contribution in [0.1, 0.15) is 71.5 Å². The Hall–Kier alpha value is -4.71. The third kappa shape index (κ3) is 10.4. The smallest absolute Gasteiger partial charge is 0.408 e. The number of alkyl carbamates (subject to hydrolysis) is 1. The number of anilines is 1. The van der Waals surface area contributed by atoms with E-state index in [1.165, 1.54) is 13.8 Å². The molecule has 2 unspecified atom stereocenters. The number of esters is 1. The molecule has 3 amide bonds. The molecule has 248 valence electrons. The van der Waals surface area contributed by atoms with Gasteiger partial charge in [0, 0.05) is 12.6 Å². The van der Waals surface area contributed by atoms with Crippen LogP contribution in [0.2, 0.25) is 0 Å². The molecule has 0 saturated carbocycles. The lowest BCUT2D eigenvalue weighted by molar-refractivity contribution is -0.145. The summed E-state index contributed by atoms with van der Waals surface area (Å²) in [5, 5.41) is 8.01. The molecule has 1 aromatic heterocycles. The molecule has 0 aliphatic rings. The average molecular weight is 636 g/mol. The molecule has 1 heterocycles. The summed E-state index contributed by atoms with van der Waals surface area (Å²) >= 11 is 0. The Kier molecular flexibility index (Phi) is 12.5. The highest BCUT2D eigenvalue weighted by atomic mass is 16.6. The van der Waals surface area contributed by atoms with Crippen LogP contribution in [0, 0.1) is 0 Å². The molecule has 12 heteroatoms. The van der Waals surface area contributed by atoms with Gasteiger partial charge in [-0.15, -0.1) is 0 Å². The molecule has 0 aliphatic heterocycles. The van der Waals surface area contributed by atoms with Gasteiger partial charge in [-0.1, -0.05) is 67.6 Å². The fraction of sp³-hybridized carbons (Fsp3) is 0.441. The Morgan fingerprint density at radius 2 is 1.54 bits per heavy atom. The predicted octanol–water partition coefficient (Wildman–Crippen LogP) is 4.54. The zero-order chi connectivity index (χ0) is 33.9. The van der Waals surface area contributed by atoms with Crippen molar-refractivity contribution in [3.05, 3.63) is 83.8 Å². The van der Waals surface area contributed by atoms with Crippen LogP contribution in [0.15, 0.2) is 66.9 Å². The molecule has 2 aromatic carbocycles. The predicted molar refractivity (Wildman–Crippen MR) is 173 cm³/mol. The molecule has 0 radical (unpaired) electrons. The number of nitrogens with one attached hydrogen (secondary N) is 3. The summed E-state index contributed by atoms with van der Waals surface area (Å²) in [5.74, 6) is -0.971. The maximum absolute atomic E-state index is 13.7. The van der Waals surface area contributed by atoms with E-state index in [0.717, 1.165) is 5.56 Å². The first kappa shape index (κ1) is 35.8. The Morgan fingerprint density at radius 3 is 2.13 bits per heavy atom. The van der Waals surface area contributed by atoms with Gasteiger partial charge in [-0.3, -0.25) is 9.59 Å². The van der Waals surface area contributed by atoms with E-state index in [9.17, 15) is 19.2 Å². The van der Waals surface area contributed by atoms with Crippen LogP contribution in [0.5, 0.6) is 0 Å². The second-order valence-corrected chi connectivity index (χ2v) is 12.1. The van der Waals surface area contributed by atoms with Gasteiger partial charge in [0.15, 0.2) is 11.9 Å². The van der Waals surface area contributed by atoms with Crippen molar-refractivity contribution >= 4 is 29.7 Å². The summed E-state index contributed by atoms with van der Waals surface area (Å²) in [4.78, 5) is 57.1. The molecule has 3 N–H and O–H groups in total. The maximum atomic E-state index is 13.7. The van der Waals surface area contributed by atoms with E-state index in [0.29, 0.717) is 17.8 Å². The number of aryl methyl sites for hydroxylation is 1. The first-order valence-corrected chi connectivity index (χ1v) is 15.3. The molecule has 0 fully saturated rings. The van der Waals surface area contributed by atoms with E-state index in [1.807, 2.05) is 67.6 Å². The van der Waals surface area contributed by atoms with Gasteiger partial charge in [0.2, 0.25) is 5.91 Å². The summed E-state index contributed by atoms with van der Waals surface area (Å²) in [5.41, 5.74) is -0.611. The monoisotopic (exact) mass is 635 g/mol. The van der Waals surface area contributed by atoms with E-state index in [2.05, 4.69) is 20.9 Å². The van der Waals surface area contributed by atoms with Crippen LogP contribution in [0.3, 0.4) is 0 Å². The number of imidazole rings is 1. The molecule has 0 bridgehead atoms. The number of benzene rings is 2. The number of aromatic nitrogens is 2. The second kappa shape index (κ2) is 16.0. The molecule has 3 aromatic rings. The Bertz CT molecular complexity index is 1470. The van der Waals surface area contributed by atoms with Gasteiger partial charge in [0.25, 0.3) is 5.91 Å². The van der Waals surface area contributed by atoms with Gasteiger partial charge in [-0.2, -0.15) is 0 Å². The van der Waals surface area contributed by atoms with Gasteiger partial charge in [-0.25, -0.2) is 14.6 Å². The molecule has 0 spiro atoms. The molecule has 12 nitrogen and oxygen atoms in total. The van der Waals surface area contributed by atoms with Gasteiger partial charge in [-0.05, 0) is 52.7 Å². The topological polar surface area (TPSA) is 150 Å². The zero-order valence-corrected chi connectivity index (χ0v) is 27.6.